The average molecular weight is 260 g/mol. The van der Waals surface area contributed by atoms with Gasteiger partial charge in [0.1, 0.15) is 7.11 Å². The normalized spacial score (nSPS) is 16.4. The summed E-state index contributed by atoms with van der Waals surface area (Å²) in [5, 5.41) is 3.70. The van der Waals surface area contributed by atoms with E-state index in [0.29, 0.717) is 0 Å². The molecule has 2 rings (SSSR count). The minimum absolute atomic E-state index is 0.136. The minimum Gasteiger partial charge on any atom is -0.399 e. The number of hydrogen-bond acceptors (Lipinski definition) is 3. The van der Waals surface area contributed by atoms with Gasteiger partial charge in [0, 0.05) is 18.7 Å². The van der Waals surface area contributed by atoms with Gasteiger partial charge in [-0.2, -0.15) is 0 Å². The van der Waals surface area contributed by atoms with Crippen molar-refractivity contribution in [3.8, 4) is 0 Å². The van der Waals surface area contributed by atoms with E-state index in [2.05, 4.69) is 9.99 Å². The van der Waals surface area contributed by atoms with Gasteiger partial charge < -0.3 is 9.74 Å². The topological polar surface area (TPSA) is 41.9 Å². The van der Waals surface area contributed by atoms with Gasteiger partial charge in [0.25, 0.3) is 5.91 Å². The molecular formula is C15H20N2O2. The first kappa shape index (κ1) is 13.6. The first-order chi connectivity index (χ1) is 9.31. The molecule has 19 heavy (non-hydrogen) atoms. The van der Waals surface area contributed by atoms with Gasteiger partial charge in [0.15, 0.2) is 0 Å². The van der Waals surface area contributed by atoms with Gasteiger partial charge in [-0.15, -0.1) is 0 Å². The molecule has 0 saturated carbocycles. The van der Waals surface area contributed by atoms with Crippen LogP contribution in [0.3, 0.4) is 0 Å². The Balaban J connectivity index is 2.04. The lowest BCUT2D eigenvalue weighted by atomic mass is 10.1. The zero-order chi connectivity index (χ0) is 13.5. The Morgan fingerprint density at radius 3 is 2.37 bits per heavy atom. The number of oxime groups is 1. The highest BCUT2D eigenvalue weighted by molar-refractivity contribution is 5.95. The monoisotopic (exact) mass is 260 g/mol. The quantitative estimate of drug-likeness (QED) is 0.619. The van der Waals surface area contributed by atoms with Gasteiger partial charge in [-0.3, -0.25) is 4.79 Å². The fourth-order valence-corrected chi connectivity index (χ4v) is 2.28. The SMILES string of the molecule is CO/N=C/c1ccc(C(=O)N2CCCCCC2)cc1. The minimum atomic E-state index is 0.136. The first-order valence-corrected chi connectivity index (χ1v) is 6.77. The summed E-state index contributed by atoms with van der Waals surface area (Å²) in [6.45, 7) is 1.76. The van der Waals surface area contributed by atoms with Gasteiger partial charge in [0.2, 0.25) is 0 Å². The number of carbonyl (C=O) groups is 1. The summed E-state index contributed by atoms with van der Waals surface area (Å²) in [6.07, 6.45) is 6.32. The lowest BCUT2D eigenvalue weighted by Crippen LogP contribution is -2.31. The van der Waals surface area contributed by atoms with Crippen molar-refractivity contribution < 1.29 is 9.63 Å². The fraction of sp³-hybridized carbons (Fsp3) is 0.467. The Kier molecular flexibility index (Phi) is 4.95. The molecule has 1 aliphatic heterocycles. The summed E-state index contributed by atoms with van der Waals surface area (Å²) in [5.74, 6) is 0.136. The molecule has 1 fully saturated rings. The molecule has 1 aromatic rings. The Morgan fingerprint density at radius 2 is 1.79 bits per heavy atom. The molecule has 0 spiro atoms. The molecule has 0 atom stereocenters. The summed E-state index contributed by atoms with van der Waals surface area (Å²) in [7, 11) is 1.51. The van der Waals surface area contributed by atoms with E-state index in [9.17, 15) is 4.79 Å². The highest BCUT2D eigenvalue weighted by Crippen LogP contribution is 2.13. The van der Waals surface area contributed by atoms with Crippen LogP contribution in [0.15, 0.2) is 29.4 Å². The van der Waals surface area contributed by atoms with E-state index in [1.165, 1.54) is 20.0 Å². The van der Waals surface area contributed by atoms with Crippen LogP contribution in [0.25, 0.3) is 0 Å². The summed E-state index contributed by atoms with van der Waals surface area (Å²) < 4.78 is 0. The molecule has 1 heterocycles. The molecule has 1 saturated heterocycles. The van der Waals surface area contributed by atoms with Crippen LogP contribution in [0.5, 0.6) is 0 Å². The molecule has 1 aliphatic rings. The molecule has 0 aromatic heterocycles. The molecule has 0 bridgehead atoms. The van der Waals surface area contributed by atoms with Crippen molar-refractivity contribution in [2.45, 2.75) is 25.7 Å². The third-order valence-corrected chi connectivity index (χ3v) is 3.36. The Labute approximate surface area is 114 Å². The van der Waals surface area contributed by atoms with Crippen LogP contribution in [0.1, 0.15) is 41.6 Å². The summed E-state index contributed by atoms with van der Waals surface area (Å²) in [5.41, 5.74) is 1.67. The number of rotatable bonds is 3. The first-order valence-electron chi connectivity index (χ1n) is 6.77. The average Bonchev–Trinajstić information content (AvgIpc) is 2.74. The molecular weight excluding hydrogens is 240 g/mol. The second kappa shape index (κ2) is 6.92. The van der Waals surface area contributed by atoms with Crippen LogP contribution in [0.4, 0.5) is 0 Å². The van der Waals surface area contributed by atoms with Gasteiger partial charge in [0.05, 0.1) is 6.21 Å². The Morgan fingerprint density at radius 1 is 1.16 bits per heavy atom. The molecule has 0 unspecified atom stereocenters. The van der Waals surface area contributed by atoms with Crippen molar-refractivity contribution in [3.05, 3.63) is 35.4 Å². The van der Waals surface area contributed by atoms with Crippen LogP contribution in [0, 0.1) is 0 Å². The van der Waals surface area contributed by atoms with Gasteiger partial charge >= 0.3 is 0 Å². The predicted octanol–water partition coefficient (Wildman–Crippen LogP) is 2.68. The standard InChI is InChI=1S/C15H20N2O2/c1-19-16-12-13-6-8-14(9-7-13)15(18)17-10-4-2-3-5-11-17/h6-9,12H,2-5,10-11H2,1H3/b16-12+. The maximum absolute atomic E-state index is 12.3. The molecule has 102 valence electrons. The molecule has 4 nitrogen and oxygen atoms in total. The summed E-state index contributed by atoms with van der Waals surface area (Å²) in [6, 6.07) is 7.47. The van der Waals surface area contributed by atoms with E-state index < -0.39 is 0 Å². The molecule has 0 N–H and O–H groups in total. The number of amides is 1. The lowest BCUT2D eigenvalue weighted by molar-refractivity contribution is 0.0761. The molecule has 0 radical (unpaired) electrons. The van der Waals surface area contributed by atoms with Crippen LogP contribution in [-0.4, -0.2) is 37.2 Å². The van der Waals surface area contributed by atoms with Crippen LogP contribution < -0.4 is 0 Å². The van der Waals surface area contributed by atoms with Crippen molar-refractivity contribution in [1.29, 1.82) is 0 Å². The summed E-state index contributed by atoms with van der Waals surface area (Å²) >= 11 is 0. The molecule has 0 aliphatic carbocycles. The van der Waals surface area contributed by atoms with Crippen molar-refractivity contribution in [2.24, 2.45) is 5.16 Å². The van der Waals surface area contributed by atoms with Gasteiger partial charge in [-0.05, 0) is 30.5 Å². The van der Waals surface area contributed by atoms with Crippen molar-refractivity contribution in [1.82, 2.24) is 4.90 Å². The Bertz CT molecular complexity index is 432. The largest absolute Gasteiger partial charge is 0.399 e. The van der Waals surface area contributed by atoms with E-state index in [1.807, 2.05) is 29.2 Å². The number of carbonyl (C=O) groups excluding carboxylic acids is 1. The fourth-order valence-electron chi connectivity index (χ4n) is 2.28. The van der Waals surface area contributed by atoms with Crippen LogP contribution in [-0.2, 0) is 4.84 Å². The third kappa shape index (κ3) is 3.81. The van der Waals surface area contributed by atoms with E-state index in [0.717, 1.165) is 37.1 Å². The molecule has 4 heteroatoms. The van der Waals surface area contributed by atoms with E-state index in [1.54, 1.807) is 6.21 Å². The maximum atomic E-state index is 12.3. The lowest BCUT2D eigenvalue weighted by Gasteiger charge is -2.20. The predicted molar refractivity (Wildman–Crippen MR) is 75.4 cm³/mol. The summed E-state index contributed by atoms with van der Waals surface area (Å²) in [4.78, 5) is 18.9. The van der Waals surface area contributed by atoms with E-state index >= 15 is 0 Å². The van der Waals surface area contributed by atoms with Gasteiger partial charge in [-0.25, -0.2) is 0 Å². The van der Waals surface area contributed by atoms with Crippen molar-refractivity contribution >= 4 is 12.1 Å². The van der Waals surface area contributed by atoms with E-state index in [4.69, 9.17) is 0 Å². The molecule has 1 amide bonds. The Hall–Kier alpha value is -1.84. The number of likely N-dealkylation sites (tertiary alicyclic amines) is 1. The third-order valence-electron chi connectivity index (χ3n) is 3.36. The number of nitrogens with zero attached hydrogens (tertiary/aromatic N) is 2. The van der Waals surface area contributed by atoms with Crippen LogP contribution >= 0.6 is 0 Å². The van der Waals surface area contributed by atoms with E-state index in [-0.39, 0.29) is 5.91 Å². The van der Waals surface area contributed by atoms with Crippen molar-refractivity contribution in [2.75, 3.05) is 20.2 Å². The molecule has 1 aromatic carbocycles. The second-order valence-corrected chi connectivity index (χ2v) is 4.75. The maximum Gasteiger partial charge on any atom is 0.253 e. The van der Waals surface area contributed by atoms with Crippen LogP contribution in [0.2, 0.25) is 0 Å². The smallest absolute Gasteiger partial charge is 0.253 e. The van der Waals surface area contributed by atoms with Gasteiger partial charge in [-0.1, -0.05) is 30.1 Å². The highest BCUT2D eigenvalue weighted by atomic mass is 16.6. The van der Waals surface area contributed by atoms with Crippen molar-refractivity contribution in [3.63, 3.8) is 0 Å². The zero-order valence-corrected chi connectivity index (χ0v) is 11.3. The second-order valence-electron chi connectivity index (χ2n) is 4.75. The zero-order valence-electron chi connectivity index (χ0n) is 11.3. The number of benzene rings is 1. The highest BCUT2D eigenvalue weighted by Gasteiger charge is 2.16. The number of hydrogen-bond donors (Lipinski definition) is 0.